The minimum Gasteiger partial charge on any atom is -0.300 e. The molecule has 0 aromatic rings. The molecule has 1 aliphatic carbocycles. The van der Waals surface area contributed by atoms with Crippen molar-refractivity contribution in [1.29, 1.82) is 0 Å². The van der Waals surface area contributed by atoms with Crippen molar-refractivity contribution >= 4 is 19.7 Å². The van der Waals surface area contributed by atoms with Crippen LogP contribution in [0.4, 0.5) is 0 Å². The van der Waals surface area contributed by atoms with Crippen LogP contribution in [0.3, 0.4) is 0 Å². The van der Waals surface area contributed by atoms with E-state index in [-0.39, 0.29) is 5.75 Å². The number of halogens is 1. The van der Waals surface area contributed by atoms with Gasteiger partial charge in [-0.3, -0.25) is 0 Å². The second-order valence-corrected chi connectivity index (χ2v) is 8.65. The normalized spacial score (nSPS) is 18.1. The summed E-state index contributed by atoms with van der Waals surface area (Å²) in [4.78, 5) is 2.48. The molecule has 0 aromatic heterocycles. The summed E-state index contributed by atoms with van der Waals surface area (Å²) in [5.41, 5.74) is 0. The Bertz CT molecular complexity index is 324. The summed E-state index contributed by atoms with van der Waals surface area (Å²) < 4.78 is 21.9. The van der Waals surface area contributed by atoms with Gasteiger partial charge >= 0.3 is 0 Å². The van der Waals surface area contributed by atoms with E-state index in [0.29, 0.717) is 18.4 Å². The fraction of sp³-hybridized carbons (Fsp3) is 1.00. The molecule has 0 aliphatic heterocycles. The monoisotopic (exact) mass is 295 g/mol. The highest BCUT2D eigenvalue weighted by atomic mass is 35.7. The zero-order valence-corrected chi connectivity index (χ0v) is 13.1. The van der Waals surface area contributed by atoms with Gasteiger partial charge in [0.15, 0.2) is 0 Å². The second-order valence-electron chi connectivity index (χ2n) is 5.75. The third-order valence-corrected chi connectivity index (χ3v) is 4.91. The minimum absolute atomic E-state index is 0.0967. The third kappa shape index (κ3) is 6.95. The van der Waals surface area contributed by atoms with E-state index in [0.717, 1.165) is 13.1 Å². The lowest BCUT2D eigenvalue weighted by Gasteiger charge is -2.29. The van der Waals surface area contributed by atoms with E-state index in [9.17, 15) is 8.42 Å². The highest BCUT2D eigenvalue weighted by Gasteiger charge is 2.22. The molecule has 108 valence electrons. The number of hydrogen-bond donors (Lipinski definition) is 0. The van der Waals surface area contributed by atoms with Crippen molar-refractivity contribution in [3.05, 3.63) is 0 Å². The smallest absolute Gasteiger partial charge is 0.232 e. The van der Waals surface area contributed by atoms with Gasteiger partial charge in [0.05, 0.1) is 5.75 Å². The van der Waals surface area contributed by atoms with Gasteiger partial charge in [0.2, 0.25) is 9.05 Å². The highest BCUT2D eigenvalue weighted by Crippen LogP contribution is 2.24. The maximum absolute atomic E-state index is 10.9. The standard InChI is InChI=1S/C13H26ClNO2S/c1-12(2)8-10-15(13-6-3-4-7-13)9-5-11-18(14,16)17/h12-13H,3-11H2,1-2H3. The molecule has 1 aliphatic rings. The summed E-state index contributed by atoms with van der Waals surface area (Å²) in [5.74, 6) is 0.796. The molecule has 0 radical (unpaired) electrons. The summed E-state index contributed by atoms with van der Waals surface area (Å²) >= 11 is 0. The first-order valence-electron chi connectivity index (χ1n) is 7.05. The van der Waals surface area contributed by atoms with Crippen molar-refractivity contribution in [3.8, 4) is 0 Å². The first-order valence-corrected chi connectivity index (χ1v) is 9.52. The number of rotatable bonds is 8. The van der Waals surface area contributed by atoms with Gasteiger partial charge in [0.1, 0.15) is 0 Å². The minimum atomic E-state index is -3.33. The molecular formula is C13H26ClNO2S. The summed E-state index contributed by atoms with van der Waals surface area (Å²) in [6.45, 7) is 6.42. The average Bonchev–Trinajstić information content (AvgIpc) is 2.74. The zero-order chi connectivity index (χ0) is 13.6. The first kappa shape index (κ1) is 16.3. The van der Waals surface area contributed by atoms with Gasteiger partial charge < -0.3 is 4.90 Å². The lowest BCUT2D eigenvalue weighted by Crippen LogP contribution is -2.36. The van der Waals surface area contributed by atoms with Crippen LogP contribution in [0.2, 0.25) is 0 Å². The van der Waals surface area contributed by atoms with Crippen molar-refractivity contribution in [2.75, 3.05) is 18.8 Å². The second kappa shape index (κ2) is 7.71. The molecule has 0 unspecified atom stereocenters. The van der Waals surface area contributed by atoms with Gasteiger partial charge in [-0.15, -0.1) is 0 Å². The van der Waals surface area contributed by atoms with Crippen LogP contribution in [0.15, 0.2) is 0 Å². The maximum atomic E-state index is 10.9. The molecule has 1 rings (SSSR count). The molecule has 0 saturated heterocycles. The molecule has 1 saturated carbocycles. The maximum Gasteiger partial charge on any atom is 0.232 e. The van der Waals surface area contributed by atoms with E-state index in [1.807, 2.05) is 0 Å². The van der Waals surface area contributed by atoms with Crippen LogP contribution in [0.5, 0.6) is 0 Å². The first-order chi connectivity index (χ1) is 8.38. The molecule has 0 atom stereocenters. The Hall–Kier alpha value is 0.200. The number of hydrogen-bond acceptors (Lipinski definition) is 3. The molecule has 0 heterocycles. The Morgan fingerprint density at radius 3 is 2.33 bits per heavy atom. The molecular weight excluding hydrogens is 270 g/mol. The van der Waals surface area contributed by atoms with Crippen molar-refractivity contribution in [2.24, 2.45) is 5.92 Å². The molecule has 0 spiro atoms. The lowest BCUT2D eigenvalue weighted by molar-refractivity contribution is 0.188. The van der Waals surface area contributed by atoms with Crippen molar-refractivity contribution < 1.29 is 8.42 Å². The van der Waals surface area contributed by atoms with Crippen LogP contribution in [0, 0.1) is 5.92 Å². The van der Waals surface area contributed by atoms with Crippen LogP contribution in [0.25, 0.3) is 0 Å². The van der Waals surface area contributed by atoms with E-state index in [4.69, 9.17) is 10.7 Å². The molecule has 0 N–H and O–H groups in total. The summed E-state index contributed by atoms with van der Waals surface area (Å²) in [6.07, 6.45) is 7.01. The van der Waals surface area contributed by atoms with E-state index in [1.54, 1.807) is 0 Å². The largest absolute Gasteiger partial charge is 0.300 e. The quantitative estimate of drug-likeness (QED) is 0.645. The summed E-state index contributed by atoms with van der Waals surface area (Å²) in [5, 5.41) is 0. The molecule has 1 fully saturated rings. The summed E-state index contributed by atoms with van der Waals surface area (Å²) in [6, 6.07) is 0.668. The molecule has 0 amide bonds. The average molecular weight is 296 g/mol. The predicted octanol–water partition coefficient (Wildman–Crippen LogP) is 3.24. The van der Waals surface area contributed by atoms with E-state index in [1.165, 1.54) is 32.1 Å². The SMILES string of the molecule is CC(C)CCN(CCCS(=O)(=O)Cl)C1CCCC1. The van der Waals surface area contributed by atoms with Gasteiger partial charge in [-0.05, 0) is 44.7 Å². The molecule has 0 aromatic carbocycles. The number of nitrogens with zero attached hydrogens (tertiary/aromatic N) is 1. The highest BCUT2D eigenvalue weighted by molar-refractivity contribution is 8.13. The van der Waals surface area contributed by atoms with Crippen LogP contribution in [0.1, 0.15) is 52.4 Å². The van der Waals surface area contributed by atoms with E-state index < -0.39 is 9.05 Å². The topological polar surface area (TPSA) is 37.4 Å². The van der Waals surface area contributed by atoms with Crippen LogP contribution >= 0.6 is 10.7 Å². The summed E-state index contributed by atoms with van der Waals surface area (Å²) in [7, 11) is 1.93. The Morgan fingerprint density at radius 1 is 1.22 bits per heavy atom. The van der Waals surface area contributed by atoms with Crippen LogP contribution in [-0.4, -0.2) is 38.2 Å². The Labute approximate surface area is 116 Å². The van der Waals surface area contributed by atoms with Crippen LogP contribution in [-0.2, 0) is 9.05 Å². The predicted molar refractivity (Wildman–Crippen MR) is 77.5 cm³/mol. The van der Waals surface area contributed by atoms with Crippen molar-refractivity contribution in [3.63, 3.8) is 0 Å². The molecule has 3 nitrogen and oxygen atoms in total. The van der Waals surface area contributed by atoms with Gasteiger partial charge in [-0.1, -0.05) is 26.7 Å². The Balaban J connectivity index is 2.38. The van der Waals surface area contributed by atoms with Crippen molar-refractivity contribution in [2.45, 2.75) is 58.4 Å². The fourth-order valence-corrected chi connectivity index (χ4v) is 3.41. The molecule has 0 bridgehead atoms. The van der Waals surface area contributed by atoms with Gasteiger partial charge in [0.25, 0.3) is 0 Å². The van der Waals surface area contributed by atoms with Crippen molar-refractivity contribution in [1.82, 2.24) is 4.90 Å². The van der Waals surface area contributed by atoms with Gasteiger partial charge in [-0.25, -0.2) is 8.42 Å². The lowest BCUT2D eigenvalue weighted by atomic mass is 10.1. The van der Waals surface area contributed by atoms with Gasteiger partial charge in [-0.2, -0.15) is 0 Å². The Morgan fingerprint density at radius 2 is 1.83 bits per heavy atom. The molecule has 5 heteroatoms. The van der Waals surface area contributed by atoms with E-state index in [2.05, 4.69) is 18.7 Å². The van der Waals surface area contributed by atoms with Gasteiger partial charge in [0, 0.05) is 16.7 Å². The van der Waals surface area contributed by atoms with E-state index >= 15 is 0 Å². The third-order valence-electron chi connectivity index (χ3n) is 3.67. The zero-order valence-electron chi connectivity index (χ0n) is 11.6. The Kier molecular flexibility index (Phi) is 6.96. The van der Waals surface area contributed by atoms with Crippen LogP contribution < -0.4 is 0 Å². The fourth-order valence-electron chi connectivity index (χ4n) is 2.61. The molecule has 18 heavy (non-hydrogen) atoms.